The molecule has 0 aliphatic carbocycles. The van der Waals surface area contributed by atoms with Gasteiger partial charge in [0.25, 0.3) is 5.91 Å². The number of carbonyl (C=O) groups excluding carboxylic acids is 2. The lowest BCUT2D eigenvalue weighted by atomic mass is 9.80. The van der Waals surface area contributed by atoms with Crippen molar-refractivity contribution in [2.75, 3.05) is 22.5 Å². The van der Waals surface area contributed by atoms with Crippen LogP contribution in [-0.4, -0.2) is 28.3 Å². The van der Waals surface area contributed by atoms with E-state index in [9.17, 15) is 9.59 Å². The lowest BCUT2D eigenvalue weighted by molar-refractivity contribution is -0.116. The summed E-state index contributed by atoms with van der Waals surface area (Å²) in [6, 6.07) is 12.9. The first kappa shape index (κ1) is 24.9. The van der Waals surface area contributed by atoms with Crippen molar-refractivity contribution in [3.63, 3.8) is 0 Å². The van der Waals surface area contributed by atoms with E-state index in [2.05, 4.69) is 45.1 Å². The molecule has 3 aromatic rings. The average Bonchev–Trinajstić information content (AvgIpc) is 2.96. The molecule has 1 aliphatic heterocycles. The van der Waals surface area contributed by atoms with Gasteiger partial charge in [-0.05, 0) is 54.2 Å². The summed E-state index contributed by atoms with van der Waals surface area (Å²) in [5.74, 6) is 0.253. The molecule has 36 heavy (non-hydrogen) atoms. The predicted molar refractivity (Wildman–Crippen MR) is 140 cm³/mol. The standard InChI is InChI=1S/C26H26ClN7O2/c1-15-5-4-6-17(24(36)29-12-11-28)22(15)33-23-19(27)14-30-25(34-23)31-16-7-8-20-18(13-16)26(2,3)10-9-21(35)32-20/h4-8,13-14H,9-10,12H2,1-3H3,(H,29,36)(H,32,35)(H2,30,31,33,34). The van der Waals surface area contributed by atoms with E-state index < -0.39 is 0 Å². The number of para-hydroxylation sites is 1. The number of carbonyl (C=O) groups is 2. The zero-order chi connectivity index (χ0) is 25.9. The summed E-state index contributed by atoms with van der Waals surface area (Å²) in [4.78, 5) is 33.5. The first-order valence-corrected chi connectivity index (χ1v) is 11.8. The summed E-state index contributed by atoms with van der Waals surface area (Å²) in [5.41, 5.74) is 4.10. The fourth-order valence-corrected chi connectivity index (χ4v) is 4.20. The third kappa shape index (κ3) is 5.39. The molecule has 2 heterocycles. The molecular formula is C26H26ClN7O2. The van der Waals surface area contributed by atoms with E-state index in [0.717, 1.165) is 28.9 Å². The highest BCUT2D eigenvalue weighted by molar-refractivity contribution is 6.33. The number of nitrogens with zero attached hydrogens (tertiary/aromatic N) is 3. The molecule has 9 nitrogen and oxygen atoms in total. The Bertz CT molecular complexity index is 1380. The molecule has 1 aliphatic rings. The summed E-state index contributed by atoms with van der Waals surface area (Å²) in [5, 5.41) is 21.0. The first-order chi connectivity index (χ1) is 17.2. The molecule has 0 saturated carbocycles. The smallest absolute Gasteiger partial charge is 0.254 e. The fraction of sp³-hybridized carbons (Fsp3) is 0.269. The monoisotopic (exact) mass is 503 g/mol. The van der Waals surface area contributed by atoms with Crippen molar-refractivity contribution in [2.24, 2.45) is 0 Å². The van der Waals surface area contributed by atoms with Crippen molar-refractivity contribution >= 4 is 52.2 Å². The third-order valence-corrected chi connectivity index (χ3v) is 6.37. The first-order valence-electron chi connectivity index (χ1n) is 11.4. The zero-order valence-corrected chi connectivity index (χ0v) is 21.0. The minimum absolute atomic E-state index is 0.0103. The van der Waals surface area contributed by atoms with Crippen LogP contribution in [0.25, 0.3) is 0 Å². The van der Waals surface area contributed by atoms with Crippen LogP contribution in [0.5, 0.6) is 0 Å². The molecule has 0 unspecified atom stereocenters. The van der Waals surface area contributed by atoms with Crippen molar-refractivity contribution in [3.05, 3.63) is 64.3 Å². The molecular weight excluding hydrogens is 478 g/mol. The second kappa shape index (κ2) is 10.2. The molecule has 0 atom stereocenters. The highest BCUT2D eigenvalue weighted by Crippen LogP contribution is 2.38. The Morgan fingerprint density at radius 1 is 1.25 bits per heavy atom. The Kier molecular flexibility index (Phi) is 7.08. The van der Waals surface area contributed by atoms with Crippen molar-refractivity contribution in [1.29, 1.82) is 5.26 Å². The zero-order valence-electron chi connectivity index (χ0n) is 20.2. The Hall–Kier alpha value is -4.16. The van der Waals surface area contributed by atoms with E-state index >= 15 is 0 Å². The third-order valence-electron chi connectivity index (χ3n) is 6.09. The average molecular weight is 504 g/mol. The highest BCUT2D eigenvalue weighted by Gasteiger charge is 2.29. The minimum atomic E-state index is -0.383. The summed E-state index contributed by atoms with van der Waals surface area (Å²) in [6.07, 6.45) is 2.68. The summed E-state index contributed by atoms with van der Waals surface area (Å²) in [7, 11) is 0. The van der Waals surface area contributed by atoms with Gasteiger partial charge in [0.15, 0.2) is 5.82 Å². The van der Waals surface area contributed by atoms with Crippen molar-refractivity contribution in [1.82, 2.24) is 15.3 Å². The minimum Gasteiger partial charge on any atom is -0.339 e. The maximum atomic E-state index is 12.6. The van der Waals surface area contributed by atoms with E-state index in [0.29, 0.717) is 29.4 Å². The number of benzene rings is 2. The number of fused-ring (bicyclic) bond motifs is 1. The van der Waals surface area contributed by atoms with Gasteiger partial charge in [0.05, 0.1) is 23.5 Å². The van der Waals surface area contributed by atoms with Crippen molar-refractivity contribution in [2.45, 2.75) is 39.0 Å². The summed E-state index contributed by atoms with van der Waals surface area (Å²) < 4.78 is 0. The van der Waals surface area contributed by atoms with Crippen LogP contribution in [0.15, 0.2) is 42.6 Å². The number of rotatable bonds is 6. The van der Waals surface area contributed by atoms with Crippen molar-refractivity contribution < 1.29 is 9.59 Å². The van der Waals surface area contributed by atoms with Crippen LogP contribution in [-0.2, 0) is 10.2 Å². The molecule has 10 heteroatoms. The van der Waals surface area contributed by atoms with Gasteiger partial charge in [0.1, 0.15) is 11.6 Å². The SMILES string of the molecule is Cc1cccc(C(=O)NCC#N)c1Nc1nc(Nc2ccc3c(c2)C(C)(C)CCC(=O)N3)ncc1Cl. The lowest BCUT2D eigenvalue weighted by Gasteiger charge is -2.25. The molecule has 1 aromatic heterocycles. The van der Waals surface area contributed by atoms with Gasteiger partial charge in [0, 0.05) is 17.8 Å². The molecule has 0 spiro atoms. The van der Waals surface area contributed by atoms with Gasteiger partial charge in [-0.1, -0.05) is 37.6 Å². The summed E-state index contributed by atoms with van der Waals surface area (Å²) in [6.45, 7) is 5.98. The number of hydrogen-bond donors (Lipinski definition) is 4. The predicted octanol–water partition coefficient (Wildman–Crippen LogP) is 5.19. The molecule has 0 bridgehead atoms. The van der Waals surface area contributed by atoms with Gasteiger partial charge < -0.3 is 21.3 Å². The number of aromatic nitrogens is 2. The number of nitrogens with one attached hydrogen (secondary N) is 4. The van der Waals surface area contributed by atoms with E-state index in [1.165, 1.54) is 6.20 Å². The largest absolute Gasteiger partial charge is 0.339 e. The molecule has 184 valence electrons. The van der Waals surface area contributed by atoms with E-state index in [4.69, 9.17) is 16.9 Å². The summed E-state index contributed by atoms with van der Waals surface area (Å²) >= 11 is 6.38. The van der Waals surface area contributed by atoms with Crippen LogP contribution in [0.4, 0.5) is 28.8 Å². The van der Waals surface area contributed by atoms with Crippen LogP contribution < -0.4 is 21.3 Å². The number of aryl methyl sites for hydroxylation is 1. The van der Waals surface area contributed by atoms with Gasteiger partial charge in [-0.2, -0.15) is 10.2 Å². The van der Waals surface area contributed by atoms with Crippen molar-refractivity contribution in [3.8, 4) is 6.07 Å². The normalized spacial score (nSPS) is 14.0. The van der Waals surface area contributed by atoms with Crippen LogP contribution in [0.3, 0.4) is 0 Å². The topological polar surface area (TPSA) is 132 Å². The second-order valence-corrected chi connectivity index (χ2v) is 9.58. The van der Waals surface area contributed by atoms with Crippen LogP contribution >= 0.6 is 11.6 Å². The maximum absolute atomic E-state index is 12.6. The highest BCUT2D eigenvalue weighted by atomic mass is 35.5. The van der Waals surface area contributed by atoms with Crippen LogP contribution in [0, 0.1) is 18.3 Å². The maximum Gasteiger partial charge on any atom is 0.254 e. The molecule has 0 fully saturated rings. The molecule has 4 N–H and O–H groups in total. The van der Waals surface area contributed by atoms with E-state index in [-0.39, 0.29) is 28.8 Å². The number of anilines is 5. The quantitative estimate of drug-likeness (QED) is 0.340. The number of hydrogen-bond acceptors (Lipinski definition) is 7. The lowest BCUT2D eigenvalue weighted by Crippen LogP contribution is -2.24. The van der Waals surface area contributed by atoms with Gasteiger partial charge in [-0.15, -0.1) is 0 Å². The fourth-order valence-electron chi connectivity index (χ4n) is 4.06. The number of nitriles is 1. The Labute approximate surface area is 214 Å². The molecule has 4 rings (SSSR count). The van der Waals surface area contributed by atoms with Gasteiger partial charge in [-0.25, -0.2) is 4.98 Å². The Morgan fingerprint density at radius 2 is 2.06 bits per heavy atom. The number of halogens is 1. The van der Waals surface area contributed by atoms with Crippen LogP contribution in [0.2, 0.25) is 5.02 Å². The number of amides is 2. The molecule has 0 saturated heterocycles. The molecule has 2 aromatic carbocycles. The Balaban J connectivity index is 1.62. The van der Waals surface area contributed by atoms with Crippen LogP contribution in [0.1, 0.15) is 48.2 Å². The van der Waals surface area contributed by atoms with Gasteiger partial charge in [-0.3, -0.25) is 9.59 Å². The van der Waals surface area contributed by atoms with E-state index in [1.54, 1.807) is 12.1 Å². The molecule has 2 amide bonds. The molecule has 0 radical (unpaired) electrons. The van der Waals surface area contributed by atoms with E-state index in [1.807, 2.05) is 37.3 Å². The second-order valence-electron chi connectivity index (χ2n) is 9.17. The van der Waals surface area contributed by atoms with Gasteiger partial charge >= 0.3 is 0 Å². The Morgan fingerprint density at radius 3 is 2.83 bits per heavy atom. The van der Waals surface area contributed by atoms with Gasteiger partial charge in [0.2, 0.25) is 11.9 Å².